The minimum absolute atomic E-state index is 0.0161. The monoisotopic (exact) mass is 454 g/mol. The summed E-state index contributed by atoms with van der Waals surface area (Å²) in [5.74, 6) is -0.348. The van der Waals surface area contributed by atoms with Gasteiger partial charge in [-0.05, 0) is 43.5 Å². The van der Waals surface area contributed by atoms with Gasteiger partial charge in [-0.25, -0.2) is 8.42 Å². The van der Waals surface area contributed by atoms with Gasteiger partial charge in [-0.1, -0.05) is 19.1 Å². The normalized spacial score (nSPS) is 26.5. The summed E-state index contributed by atoms with van der Waals surface area (Å²) in [6, 6.07) is 8.32. The molecule has 0 saturated carbocycles. The van der Waals surface area contributed by atoms with Crippen molar-refractivity contribution >= 4 is 9.84 Å². The fourth-order valence-corrected chi connectivity index (χ4v) is 5.86. The number of sulfone groups is 1. The van der Waals surface area contributed by atoms with E-state index in [0.29, 0.717) is 25.0 Å². The lowest BCUT2D eigenvalue weighted by Gasteiger charge is -2.49. The van der Waals surface area contributed by atoms with Crippen LogP contribution in [0.25, 0.3) is 0 Å². The predicted molar refractivity (Wildman–Crippen MR) is 110 cm³/mol. The summed E-state index contributed by atoms with van der Waals surface area (Å²) in [5, 5.41) is 3.41. The van der Waals surface area contributed by atoms with Gasteiger partial charge >= 0.3 is 6.18 Å². The van der Waals surface area contributed by atoms with Gasteiger partial charge in [0.2, 0.25) is 0 Å². The number of para-hydroxylation sites is 1. The van der Waals surface area contributed by atoms with Gasteiger partial charge < -0.3 is 4.74 Å². The van der Waals surface area contributed by atoms with Crippen molar-refractivity contribution in [2.45, 2.75) is 67.8 Å². The van der Waals surface area contributed by atoms with E-state index in [9.17, 15) is 21.6 Å². The van der Waals surface area contributed by atoms with Crippen molar-refractivity contribution in [2.75, 3.05) is 5.75 Å². The summed E-state index contributed by atoms with van der Waals surface area (Å²) in [4.78, 5) is 4.65. The number of nitrogens with one attached hydrogen (secondary N) is 1. The van der Waals surface area contributed by atoms with E-state index < -0.39 is 27.3 Å². The average Bonchev–Trinajstić information content (AvgIpc) is 2.73. The van der Waals surface area contributed by atoms with Gasteiger partial charge in [-0.15, -0.1) is 0 Å². The van der Waals surface area contributed by atoms with E-state index in [-0.39, 0.29) is 28.4 Å². The van der Waals surface area contributed by atoms with Crippen LogP contribution in [-0.4, -0.2) is 30.9 Å². The maximum absolute atomic E-state index is 13.4. The molecule has 2 fully saturated rings. The van der Waals surface area contributed by atoms with Crippen molar-refractivity contribution in [3.8, 4) is 5.75 Å². The highest BCUT2D eigenvalue weighted by molar-refractivity contribution is 7.91. The molecule has 168 valence electrons. The third-order valence-electron chi connectivity index (χ3n) is 6.25. The molecule has 1 N–H and O–H groups in total. The minimum Gasteiger partial charge on any atom is -0.472 e. The van der Waals surface area contributed by atoms with Gasteiger partial charge in [-0.2, -0.15) is 13.2 Å². The Labute approximate surface area is 179 Å². The van der Waals surface area contributed by atoms with E-state index in [2.05, 4.69) is 10.3 Å². The van der Waals surface area contributed by atoms with E-state index >= 15 is 0 Å². The van der Waals surface area contributed by atoms with Crippen molar-refractivity contribution in [3.05, 3.63) is 53.9 Å². The molecule has 3 atom stereocenters. The first-order valence-corrected chi connectivity index (χ1v) is 12.1. The van der Waals surface area contributed by atoms with Crippen LogP contribution >= 0.6 is 0 Å². The summed E-state index contributed by atoms with van der Waals surface area (Å²) in [5.41, 5.74) is -1.16. The van der Waals surface area contributed by atoms with Crippen LogP contribution in [0.15, 0.2) is 47.5 Å². The highest BCUT2D eigenvalue weighted by atomic mass is 32.2. The quantitative estimate of drug-likeness (QED) is 0.710. The number of hydrogen-bond donors (Lipinski definition) is 1. The van der Waals surface area contributed by atoms with Crippen LogP contribution in [0, 0.1) is 0 Å². The fraction of sp³-hybridized carbons (Fsp3) is 0.500. The maximum atomic E-state index is 13.4. The van der Waals surface area contributed by atoms with Crippen molar-refractivity contribution in [1.82, 2.24) is 10.3 Å². The standard InChI is InChI=1S/C22H25F3N2O3S/c1-2-31(28,29)19-10-6-14-26-20(19)15-11-13-21(12-5-8-17(15)27-21)30-18-9-4-3-7-16(18)22(23,24)25/h3-4,6-7,9-10,14-15,17,27H,2,5,8,11-13H2,1H3. The molecule has 4 rings (SSSR count). The van der Waals surface area contributed by atoms with Crippen LogP contribution in [0.1, 0.15) is 56.2 Å². The Bertz CT molecular complexity index is 1060. The highest BCUT2D eigenvalue weighted by Crippen LogP contribution is 2.45. The van der Waals surface area contributed by atoms with Crippen molar-refractivity contribution < 1.29 is 26.3 Å². The van der Waals surface area contributed by atoms with Gasteiger partial charge in [0.15, 0.2) is 15.6 Å². The van der Waals surface area contributed by atoms with Crippen molar-refractivity contribution in [2.24, 2.45) is 0 Å². The number of alkyl halides is 3. The molecule has 0 amide bonds. The Kier molecular flexibility index (Phi) is 5.76. The Balaban J connectivity index is 1.63. The number of benzene rings is 1. The molecular weight excluding hydrogens is 429 g/mol. The molecule has 0 aliphatic carbocycles. The lowest BCUT2D eigenvalue weighted by atomic mass is 9.76. The zero-order valence-electron chi connectivity index (χ0n) is 17.2. The molecule has 2 aliphatic heterocycles. The number of aromatic nitrogens is 1. The Morgan fingerprint density at radius 2 is 1.94 bits per heavy atom. The van der Waals surface area contributed by atoms with Crippen LogP contribution < -0.4 is 10.1 Å². The lowest BCUT2D eigenvalue weighted by Crippen LogP contribution is -2.62. The Morgan fingerprint density at radius 1 is 1.16 bits per heavy atom. The highest BCUT2D eigenvalue weighted by Gasteiger charge is 2.47. The van der Waals surface area contributed by atoms with E-state index in [1.165, 1.54) is 18.2 Å². The SMILES string of the molecule is CCS(=O)(=O)c1cccnc1C1CCC2(Oc3ccccc3C(F)(F)F)CCCC1N2. The first-order valence-electron chi connectivity index (χ1n) is 10.5. The van der Waals surface area contributed by atoms with E-state index in [4.69, 9.17) is 4.74 Å². The molecule has 5 nitrogen and oxygen atoms in total. The van der Waals surface area contributed by atoms with E-state index in [1.807, 2.05) is 0 Å². The molecule has 2 saturated heterocycles. The predicted octanol–water partition coefficient (Wildman–Crippen LogP) is 4.69. The van der Waals surface area contributed by atoms with Gasteiger partial charge in [0.05, 0.1) is 21.9 Å². The van der Waals surface area contributed by atoms with Crippen LogP contribution in [0.5, 0.6) is 5.75 Å². The van der Waals surface area contributed by atoms with E-state index in [0.717, 1.165) is 18.9 Å². The molecule has 0 radical (unpaired) electrons. The molecule has 3 unspecified atom stereocenters. The second kappa shape index (κ2) is 8.09. The molecule has 0 spiro atoms. The van der Waals surface area contributed by atoms with Gasteiger partial charge in [0.1, 0.15) is 5.75 Å². The average molecular weight is 455 g/mol. The molecule has 1 aromatic carbocycles. The smallest absolute Gasteiger partial charge is 0.419 e. The zero-order valence-corrected chi connectivity index (χ0v) is 18.0. The topological polar surface area (TPSA) is 68.3 Å². The minimum atomic E-state index is -4.50. The number of piperidine rings is 2. The van der Waals surface area contributed by atoms with Gasteiger partial charge in [0, 0.05) is 31.0 Å². The van der Waals surface area contributed by atoms with E-state index in [1.54, 1.807) is 25.3 Å². The van der Waals surface area contributed by atoms with Crippen LogP contribution in [0.3, 0.4) is 0 Å². The number of ether oxygens (including phenoxy) is 1. The second-order valence-corrected chi connectivity index (χ2v) is 10.4. The van der Waals surface area contributed by atoms with Crippen LogP contribution in [-0.2, 0) is 16.0 Å². The van der Waals surface area contributed by atoms with Crippen molar-refractivity contribution in [3.63, 3.8) is 0 Å². The number of fused-ring (bicyclic) bond motifs is 2. The molecule has 2 bridgehead atoms. The van der Waals surface area contributed by atoms with Gasteiger partial charge in [-0.3, -0.25) is 10.3 Å². The molecule has 2 aromatic rings. The molecule has 2 aliphatic rings. The summed E-state index contributed by atoms with van der Waals surface area (Å²) in [6.07, 6.45) is 0.257. The zero-order chi connectivity index (χ0) is 22.3. The fourth-order valence-electron chi connectivity index (χ4n) is 4.74. The summed E-state index contributed by atoms with van der Waals surface area (Å²) in [6.45, 7) is 1.60. The van der Waals surface area contributed by atoms with Gasteiger partial charge in [0.25, 0.3) is 0 Å². The van der Waals surface area contributed by atoms with Crippen LogP contribution in [0.4, 0.5) is 13.2 Å². The molecule has 1 aromatic heterocycles. The Hall–Kier alpha value is -2.13. The maximum Gasteiger partial charge on any atom is 0.419 e. The molecular formula is C22H25F3N2O3S. The summed E-state index contributed by atoms with van der Waals surface area (Å²) < 4.78 is 71.5. The largest absolute Gasteiger partial charge is 0.472 e. The first kappa shape index (κ1) is 22.1. The van der Waals surface area contributed by atoms with Crippen LogP contribution in [0.2, 0.25) is 0 Å². The third-order valence-corrected chi connectivity index (χ3v) is 8.03. The molecule has 3 heterocycles. The number of halogens is 3. The number of nitrogens with zero attached hydrogens (tertiary/aromatic N) is 1. The summed E-state index contributed by atoms with van der Waals surface area (Å²) >= 11 is 0. The molecule has 31 heavy (non-hydrogen) atoms. The number of rotatable bonds is 5. The second-order valence-electron chi connectivity index (χ2n) is 8.17. The van der Waals surface area contributed by atoms with Crippen molar-refractivity contribution in [1.29, 1.82) is 0 Å². The third kappa shape index (κ3) is 4.30. The summed E-state index contributed by atoms with van der Waals surface area (Å²) in [7, 11) is -3.44. The Morgan fingerprint density at radius 3 is 2.68 bits per heavy atom. The number of hydrogen-bond acceptors (Lipinski definition) is 5. The molecule has 9 heteroatoms. The first-order chi connectivity index (χ1) is 14.7. The number of pyridine rings is 1. The lowest BCUT2D eigenvalue weighted by molar-refractivity contribution is -0.141.